The van der Waals surface area contributed by atoms with Crippen molar-refractivity contribution in [1.29, 1.82) is 0 Å². The van der Waals surface area contributed by atoms with Crippen molar-refractivity contribution in [3.8, 4) is 0 Å². The Morgan fingerprint density at radius 2 is 2.10 bits per heavy atom. The highest BCUT2D eigenvalue weighted by Gasteiger charge is 2.01. The van der Waals surface area contributed by atoms with Crippen LogP contribution in [0.5, 0.6) is 0 Å². The molecule has 1 atom stereocenters. The minimum Gasteiger partial charge on any atom is -0.404 e. The Morgan fingerprint density at radius 3 is 2.50 bits per heavy atom. The number of rotatable bonds is 6. The molecule has 0 radical (unpaired) electrons. The lowest BCUT2D eigenvalue weighted by atomic mass is 10.3. The van der Waals surface area contributed by atoms with Gasteiger partial charge in [-0.1, -0.05) is 0 Å². The summed E-state index contributed by atoms with van der Waals surface area (Å²) >= 11 is 0. The highest BCUT2D eigenvalue weighted by molar-refractivity contribution is 5.98. The highest BCUT2D eigenvalue weighted by atomic mass is 28.2. The molecule has 0 N–H and O–H groups in total. The van der Waals surface area contributed by atoms with Crippen LogP contribution >= 0.6 is 0 Å². The third-order valence-corrected chi connectivity index (χ3v) is 1.84. The lowest BCUT2D eigenvalue weighted by Crippen LogP contribution is -2.14. The molecule has 0 fully saturated rings. The van der Waals surface area contributed by atoms with Gasteiger partial charge < -0.3 is 13.9 Å². The second kappa shape index (κ2) is 7.21. The number of methoxy groups -OCH3 is 2. The largest absolute Gasteiger partial charge is 0.404 e. The van der Waals surface area contributed by atoms with Crippen LogP contribution in [0.4, 0.5) is 0 Å². The Labute approximate surface area is 65.2 Å². The maximum atomic E-state index is 5.11. The molecular weight excluding hydrogens is 148 g/mol. The SMILES string of the molecule is COCCCC(OC)O[SiH3]. The molecule has 0 bridgehead atoms. The van der Waals surface area contributed by atoms with Gasteiger partial charge in [0.25, 0.3) is 0 Å². The monoisotopic (exact) mass is 164 g/mol. The summed E-state index contributed by atoms with van der Waals surface area (Å²) in [6.45, 7) is 0.783. The molecule has 0 spiro atoms. The second-order valence-corrected chi connectivity index (χ2v) is 2.51. The van der Waals surface area contributed by atoms with Crippen LogP contribution in [0.25, 0.3) is 0 Å². The molecule has 0 saturated carbocycles. The maximum absolute atomic E-state index is 5.11. The van der Waals surface area contributed by atoms with E-state index in [1.54, 1.807) is 14.2 Å². The minimum absolute atomic E-state index is 0.0122. The molecule has 0 aliphatic heterocycles. The van der Waals surface area contributed by atoms with Gasteiger partial charge in [0.15, 0.2) is 0 Å². The zero-order valence-corrected chi connectivity index (χ0v) is 8.92. The average Bonchev–Trinajstić information content (AvgIpc) is 1.99. The van der Waals surface area contributed by atoms with Gasteiger partial charge in [0.2, 0.25) is 0 Å². The molecule has 3 nitrogen and oxygen atoms in total. The molecule has 0 aromatic heterocycles. The van der Waals surface area contributed by atoms with Crippen LogP contribution < -0.4 is 0 Å². The van der Waals surface area contributed by atoms with Crippen molar-refractivity contribution in [2.45, 2.75) is 19.1 Å². The van der Waals surface area contributed by atoms with E-state index in [0.29, 0.717) is 0 Å². The van der Waals surface area contributed by atoms with Crippen LogP contribution in [0.2, 0.25) is 0 Å². The summed E-state index contributed by atoms with van der Waals surface area (Å²) in [4.78, 5) is 0. The molecule has 62 valence electrons. The fraction of sp³-hybridized carbons (Fsp3) is 1.00. The summed E-state index contributed by atoms with van der Waals surface area (Å²) in [5.74, 6) is 0. The first-order valence-corrected chi connectivity index (χ1v) is 4.21. The molecule has 10 heavy (non-hydrogen) atoms. The summed E-state index contributed by atoms with van der Waals surface area (Å²) in [5.41, 5.74) is 0. The first-order valence-electron chi connectivity index (χ1n) is 3.39. The van der Waals surface area contributed by atoms with Gasteiger partial charge in [-0.25, -0.2) is 0 Å². The van der Waals surface area contributed by atoms with E-state index in [1.807, 2.05) is 0 Å². The van der Waals surface area contributed by atoms with E-state index in [9.17, 15) is 0 Å². The van der Waals surface area contributed by atoms with Gasteiger partial charge in [-0.05, 0) is 12.8 Å². The van der Waals surface area contributed by atoms with Crippen molar-refractivity contribution >= 4 is 10.5 Å². The van der Waals surface area contributed by atoms with Crippen LogP contribution in [0, 0.1) is 0 Å². The van der Waals surface area contributed by atoms with Gasteiger partial charge in [-0.15, -0.1) is 0 Å². The van der Waals surface area contributed by atoms with Crippen molar-refractivity contribution in [2.24, 2.45) is 0 Å². The zero-order chi connectivity index (χ0) is 7.82. The van der Waals surface area contributed by atoms with Gasteiger partial charge >= 0.3 is 0 Å². The van der Waals surface area contributed by atoms with Crippen LogP contribution in [0.15, 0.2) is 0 Å². The quantitative estimate of drug-likeness (QED) is 0.306. The number of ether oxygens (including phenoxy) is 2. The van der Waals surface area contributed by atoms with Gasteiger partial charge in [0, 0.05) is 20.8 Å². The normalized spacial score (nSPS) is 13.8. The number of hydrogen-bond donors (Lipinski definition) is 0. The topological polar surface area (TPSA) is 27.7 Å². The predicted molar refractivity (Wildman–Crippen MR) is 42.9 cm³/mol. The van der Waals surface area contributed by atoms with Crippen LogP contribution in [0.3, 0.4) is 0 Å². The molecule has 0 rings (SSSR count). The number of hydrogen-bond acceptors (Lipinski definition) is 3. The summed E-state index contributed by atoms with van der Waals surface area (Å²) in [7, 11) is 4.09. The van der Waals surface area contributed by atoms with E-state index in [0.717, 1.165) is 29.9 Å². The summed E-state index contributed by atoms with van der Waals surface area (Å²) < 4.78 is 15.0. The third-order valence-electron chi connectivity index (χ3n) is 1.31. The second-order valence-electron chi connectivity index (χ2n) is 2.04. The molecule has 0 heterocycles. The molecule has 0 aliphatic rings. The smallest absolute Gasteiger partial charge is 0.149 e. The first-order chi connectivity index (χ1) is 4.85. The Bertz CT molecular complexity index is 66.0. The molecule has 0 aromatic carbocycles. The van der Waals surface area contributed by atoms with Crippen LogP contribution in [-0.4, -0.2) is 37.6 Å². The summed E-state index contributed by atoms with van der Waals surface area (Å²) in [6, 6.07) is 0. The average molecular weight is 164 g/mol. The van der Waals surface area contributed by atoms with E-state index in [-0.39, 0.29) is 6.29 Å². The van der Waals surface area contributed by atoms with E-state index < -0.39 is 0 Å². The zero-order valence-electron chi connectivity index (χ0n) is 6.92. The molecule has 0 aliphatic carbocycles. The molecule has 0 saturated heterocycles. The lowest BCUT2D eigenvalue weighted by molar-refractivity contribution is -0.0575. The Balaban J connectivity index is 3.09. The van der Waals surface area contributed by atoms with E-state index in [1.165, 1.54) is 0 Å². The third kappa shape index (κ3) is 4.93. The van der Waals surface area contributed by atoms with Crippen molar-refractivity contribution in [1.82, 2.24) is 0 Å². The van der Waals surface area contributed by atoms with Crippen LogP contribution in [-0.2, 0) is 13.9 Å². The standard InChI is InChI=1S/C6H16O3Si/c1-7-5-3-4-6(8-2)9-10/h6H,3-5H2,1-2,10H3. The van der Waals surface area contributed by atoms with Crippen molar-refractivity contribution in [3.05, 3.63) is 0 Å². The summed E-state index contributed by atoms with van der Waals surface area (Å²) in [5, 5.41) is 0. The maximum Gasteiger partial charge on any atom is 0.149 e. The Morgan fingerprint density at radius 1 is 1.40 bits per heavy atom. The van der Waals surface area contributed by atoms with Crippen molar-refractivity contribution in [3.63, 3.8) is 0 Å². The molecule has 1 unspecified atom stereocenters. The molecule has 0 aromatic rings. The van der Waals surface area contributed by atoms with Gasteiger partial charge in [-0.3, -0.25) is 0 Å². The predicted octanol–water partition coefficient (Wildman–Crippen LogP) is -0.317. The fourth-order valence-corrected chi connectivity index (χ4v) is 1.15. The molecule has 0 amide bonds. The fourth-order valence-electron chi connectivity index (χ4n) is 0.726. The minimum atomic E-state index is -0.0122. The van der Waals surface area contributed by atoms with Crippen molar-refractivity contribution < 1.29 is 13.9 Å². The molecule has 4 heteroatoms. The molecular formula is C6H16O3Si. The van der Waals surface area contributed by atoms with E-state index >= 15 is 0 Å². The van der Waals surface area contributed by atoms with E-state index in [2.05, 4.69) is 0 Å². The van der Waals surface area contributed by atoms with E-state index in [4.69, 9.17) is 13.9 Å². The van der Waals surface area contributed by atoms with Crippen LogP contribution in [0.1, 0.15) is 12.8 Å². The van der Waals surface area contributed by atoms with Gasteiger partial charge in [0.1, 0.15) is 16.8 Å². The highest BCUT2D eigenvalue weighted by Crippen LogP contribution is 2.00. The Kier molecular flexibility index (Phi) is 7.28. The Hall–Kier alpha value is 0.0969. The van der Waals surface area contributed by atoms with Crippen molar-refractivity contribution in [2.75, 3.05) is 20.8 Å². The van der Waals surface area contributed by atoms with Gasteiger partial charge in [-0.2, -0.15) is 0 Å². The summed E-state index contributed by atoms with van der Waals surface area (Å²) in [6.07, 6.45) is 1.91. The lowest BCUT2D eigenvalue weighted by Gasteiger charge is -2.12. The van der Waals surface area contributed by atoms with Gasteiger partial charge in [0.05, 0.1) is 0 Å². The first kappa shape index (κ1) is 10.1.